The van der Waals surface area contributed by atoms with Gasteiger partial charge in [0.2, 0.25) is 0 Å². The predicted octanol–water partition coefficient (Wildman–Crippen LogP) is 3.42. The molecule has 0 bridgehead atoms. The van der Waals surface area contributed by atoms with Gasteiger partial charge in [-0.3, -0.25) is 0 Å². The molecule has 0 spiro atoms. The predicted molar refractivity (Wildman–Crippen MR) is 67.4 cm³/mol. The highest BCUT2D eigenvalue weighted by atomic mass is 127. The molecule has 0 atom stereocenters. The number of hydrogen-bond donors (Lipinski definition) is 0. The van der Waals surface area contributed by atoms with Gasteiger partial charge in [-0.25, -0.2) is 4.79 Å². The van der Waals surface area contributed by atoms with Gasteiger partial charge in [-0.2, -0.15) is 0 Å². The summed E-state index contributed by atoms with van der Waals surface area (Å²) in [6.07, 6.45) is 0.980. The van der Waals surface area contributed by atoms with Crippen molar-refractivity contribution in [3.63, 3.8) is 0 Å². The van der Waals surface area contributed by atoms with E-state index in [9.17, 15) is 4.79 Å². The number of carbonyl (C=O) groups excluding carboxylic acids is 1. The molecule has 1 aromatic rings. The first-order valence-electron chi connectivity index (χ1n) is 4.57. The summed E-state index contributed by atoms with van der Waals surface area (Å²) < 4.78 is 5.86. The number of carbonyl (C=O) groups is 1. The van der Waals surface area contributed by atoms with Crippen LogP contribution in [0, 0.1) is 0 Å². The fourth-order valence-corrected chi connectivity index (χ4v) is 2.96. The standard InChI is InChI=1S/C10H13IO2S/c1-3-7-5-8(9(6-11)14-7)10(12)13-4-2/h5H,3-4,6H2,1-2H3. The highest BCUT2D eigenvalue weighted by Crippen LogP contribution is 2.26. The van der Waals surface area contributed by atoms with Gasteiger partial charge in [0.15, 0.2) is 0 Å². The van der Waals surface area contributed by atoms with Gasteiger partial charge in [-0.05, 0) is 19.4 Å². The topological polar surface area (TPSA) is 26.3 Å². The normalized spacial score (nSPS) is 10.2. The minimum absolute atomic E-state index is 0.185. The average Bonchev–Trinajstić information content (AvgIpc) is 2.61. The lowest BCUT2D eigenvalue weighted by molar-refractivity contribution is 0.0526. The Morgan fingerprint density at radius 3 is 2.79 bits per heavy atom. The molecule has 0 N–H and O–H groups in total. The smallest absolute Gasteiger partial charge is 0.339 e. The quantitative estimate of drug-likeness (QED) is 0.482. The SMILES string of the molecule is CCOC(=O)c1cc(CC)sc1CI. The zero-order valence-corrected chi connectivity index (χ0v) is 11.3. The van der Waals surface area contributed by atoms with Crippen LogP contribution in [0.25, 0.3) is 0 Å². The lowest BCUT2D eigenvalue weighted by atomic mass is 10.2. The molecule has 14 heavy (non-hydrogen) atoms. The Bertz CT molecular complexity index is 320. The fraction of sp³-hybridized carbons (Fsp3) is 0.500. The largest absolute Gasteiger partial charge is 0.462 e. The molecule has 0 aliphatic carbocycles. The molecule has 0 saturated carbocycles. The second-order valence-electron chi connectivity index (χ2n) is 2.76. The van der Waals surface area contributed by atoms with Crippen molar-refractivity contribution in [1.82, 2.24) is 0 Å². The van der Waals surface area contributed by atoms with Crippen molar-refractivity contribution < 1.29 is 9.53 Å². The summed E-state index contributed by atoms with van der Waals surface area (Å²) in [4.78, 5) is 13.9. The third-order valence-corrected chi connectivity index (χ3v) is 4.38. The summed E-state index contributed by atoms with van der Waals surface area (Å²) in [5, 5.41) is 0. The van der Waals surface area contributed by atoms with E-state index in [0.717, 1.165) is 21.3 Å². The average molecular weight is 324 g/mol. The Morgan fingerprint density at radius 2 is 2.29 bits per heavy atom. The van der Waals surface area contributed by atoms with Crippen LogP contribution in [0.1, 0.15) is 34.0 Å². The minimum atomic E-state index is -0.185. The maximum atomic E-state index is 11.5. The molecule has 0 radical (unpaired) electrons. The molecular formula is C10H13IO2S. The van der Waals surface area contributed by atoms with Crippen molar-refractivity contribution in [1.29, 1.82) is 0 Å². The van der Waals surface area contributed by atoms with Crippen molar-refractivity contribution in [2.24, 2.45) is 0 Å². The molecular weight excluding hydrogens is 311 g/mol. The monoisotopic (exact) mass is 324 g/mol. The number of hydrogen-bond acceptors (Lipinski definition) is 3. The summed E-state index contributed by atoms with van der Waals surface area (Å²) >= 11 is 3.98. The molecule has 78 valence electrons. The number of rotatable bonds is 4. The van der Waals surface area contributed by atoms with Gasteiger partial charge < -0.3 is 4.74 Å². The molecule has 0 aliphatic rings. The summed E-state index contributed by atoms with van der Waals surface area (Å²) in [6.45, 7) is 4.36. The van der Waals surface area contributed by atoms with Gasteiger partial charge >= 0.3 is 5.97 Å². The molecule has 1 heterocycles. The number of aryl methyl sites for hydroxylation is 1. The van der Waals surface area contributed by atoms with Crippen molar-refractivity contribution in [3.8, 4) is 0 Å². The Labute approximate surface area is 102 Å². The third-order valence-electron chi connectivity index (χ3n) is 1.83. The van der Waals surface area contributed by atoms with Crippen molar-refractivity contribution in [3.05, 3.63) is 21.4 Å². The number of alkyl halides is 1. The van der Waals surface area contributed by atoms with Crippen molar-refractivity contribution in [2.45, 2.75) is 24.7 Å². The van der Waals surface area contributed by atoms with E-state index in [1.165, 1.54) is 4.88 Å². The first-order valence-corrected chi connectivity index (χ1v) is 6.91. The Balaban J connectivity index is 2.93. The van der Waals surface area contributed by atoms with Crippen LogP contribution in [0.2, 0.25) is 0 Å². The molecule has 2 nitrogen and oxygen atoms in total. The van der Waals surface area contributed by atoms with Gasteiger partial charge in [0, 0.05) is 14.2 Å². The third kappa shape index (κ3) is 2.70. The molecule has 0 amide bonds. The first kappa shape index (κ1) is 12.0. The zero-order valence-electron chi connectivity index (χ0n) is 8.30. The molecule has 4 heteroatoms. The summed E-state index contributed by atoms with van der Waals surface area (Å²) in [5.74, 6) is -0.185. The van der Waals surface area contributed by atoms with Crippen LogP contribution in [0.5, 0.6) is 0 Å². The van der Waals surface area contributed by atoms with Gasteiger partial charge in [0.05, 0.1) is 12.2 Å². The van der Waals surface area contributed by atoms with Crippen LogP contribution in [0.15, 0.2) is 6.07 Å². The van der Waals surface area contributed by atoms with E-state index < -0.39 is 0 Å². The van der Waals surface area contributed by atoms with Crippen LogP contribution in [-0.4, -0.2) is 12.6 Å². The molecule has 0 fully saturated rings. The maximum Gasteiger partial charge on any atom is 0.339 e. The lowest BCUT2D eigenvalue weighted by Crippen LogP contribution is -2.04. The number of thiophene rings is 1. The van der Waals surface area contributed by atoms with Crippen LogP contribution in [0.3, 0.4) is 0 Å². The summed E-state index contributed by atoms with van der Waals surface area (Å²) in [5.41, 5.74) is 0.753. The number of ether oxygens (including phenoxy) is 1. The lowest BCUT2D eigenvalue weighted by Gasteiger charge is -2.00. The van der Waals surface area contributed by atoms with Crippen molar-refractivity contribution in [2.75, 3.05) is 6.61 Å². The van der Waals surface area contributed by atoms with Crippen molar-refractivity contribution >= 4 is 39.9 Å². The van der Waals surface area contributed by atoms with E-state index >= 15 is 0 Å². The van der Waals surface area contributed by atoms with Crippen LogP contribution >= 0.6 is 33.9 Å². The van der Waals surface area contributed by atoms with Gasteiger partial charge in [-0.1, -0.05) is 29.5 Å². The molecule has 0 aliphatic heterocycles. The number of esters is 1. The van der Waals surface area contributed by atoms with E-state index in [-0.39, 0.29) is 5.97 Å². The summed E-state index contributed by atoms with van der Waals surface area (Å²) in [6, 6.07) is 1.96. The Morgan fingerprint density at radius 1 is 1.57 bits per heavy atom. The highest BCUT2D eigenvalue weighted by Gasteiger charge is 2.15. The van der Waals surface area contributed by atoms with E-state index in [1.807, 2.05) is 13.0 Å². The Hall–Kier alpha value is -0.100. The second kappa shape index (κ2) is 5.70. The first-order chi connectivity index (χ1) is 6.72. The molecule has 0 saturated heterocycles. The van der Waals surface area contributed by atoms with Gasteiger partial charge in [0.25, 0.3) is 0 Å². The van der Waals surface area contributed by atoms with Gasteiger partial charge in [-0.15, -0.1) is 11.3 Å². The second-order valence-corrected chi connectivity index (χ2v) is 4.74. The molecule has 1 rings (SSSR count). The van der Waals surface area contributed by atoms with E-state index in [0.29, 0.717) is 6.61 Å². The van der Waals surface area contributed by atoms with Gasteiger partial charge in [0.1, 0.15) is 0 Å². The van der Waals surface area contributed by atoms with Crippen LogP contribution in [-0.2, 0) is 15.6 Å². The fourth-order valence-electron chi connectivity index (χ4n) is 1.14. The van der Waals surface area contributed by atoms with Crippen LogP contribution < -0.4 is 0 Å². The minimum Gasteiger partial charge on any atom is -0.462 e. The molecule has 0 aromatic carbocycles. The highest BCUT2D eigenvalue weighted by molar-refractivity contribution is 14.1. The van der Waals surface area contributed by atoms with E-state index in [2.05, 4.69) is 29.5 Å². The van der Waals surface area contributed by atoms with E-state index in [4.69, 9.17) is 4.74 Å². The molecule has 0 unspecified atom stereocenters. The zero-order chi connectivity index (χ0) is 10.6. The summed E-state index contributed by atoms with van der Waals surface area (Å²) in [7, 11) is 0. The van der Waals surface area contributed by atoms with Crippen LogP contribution in [0.4, 0.5) is 0 Å². The number of halogens is 1. The maximum absolute atomic E-state index is 11.5. The van der Waals surface area contributed by atoms with E-state index in [1.54, 1.807) is 11.3 Å². The Kier molecular flexibility index (Phi) is 4.88. The molecule has 1 aromatic heterocycles.